The molecule has 1 aliphatic rings. The summed E-state index contributed by atoms with van der Waals surface area (Å²) < 4.78 is 5.51. The van der Waals surface area contributed by atoms with Gasteiger partial charge in [0.2, 0.25) is 0 Å². The Bertz CT molecular complexity index is 196. The van der Waals surface area contributed by atoms with Crippen LogP contribution in [0.1, 0.15) is 19.8 Å². The van der Waals surface area contributed by atoms with Gasteiger partial charge in [-0.3, -0.25) is 0 Å². The van der Waals surface area contributed by atoms with Crippen LogP contribution in [-0.2, 0) is 4.74 Å². The van der Waals surface area contributed by atoms with Gasteiger partial charge < -0.3 is 20.6 Å². The first-order valence-corrected chi connectivity index (χ1v) is 5.02. The van der Waals surface area contributed by atoms with E-state index in [0.717, 1.165) is 32.7 Å². The summed E-state index contributed by atoms with van der Waals surface area (Å²) in [6.45, 7) is 5.70. The number of hydrogen-bond acceptors (Lipinski definition) is 4. The molecular formula is C9H19N3O2. The van der Waals surface area contributed by atoms with E-state index in [1.165, 1.54) is 0 Å². The van der Waals surface area contributed by atoms with Gasteiger partial charge in [0.25, 0.3) is 0 Å². The molecule has 0 aromatic carbocycles. The second kappa shape index (κ2) is 5.82. The zero-order valence-corrected chi connectivity index (χ0v) is 8.65. The van der Waals surface area contributed by atoms with Gasteiger partial charge in [0, 0.05) is 32.7 Å². The van der Waals surface area contributed by atoms with Crippen LogP contribution in [0.3, 0.4) is 0 Å². The minimum Gasteiger partial charge on any atom is -0.409 e. The van der Waals surface area contributed by atoms with Gasteiger partial charge in [-0.1, -0.05) is 5.16 Å². The summed E-state index contributed by atoms with van der Waals surface area (Å²) in [5.41, 5.74) is 5.41. The first kappa shape index (κ1) is 11.3. The molecule has 1 heterocycles. The van der Waals surface area contributed by atoms with Crippen LogP contribution in [0.25, 0.3) is 0 Å². The molecule has 3 N–H and O–H groups in total. The van der Waals surface area contributed by atoms with E-state index in [1.807, 2.05) is 0 Å². The smallest absolute Gasteiger partial charge is 0.140 e. The molecule has 0 radical (unpaired) electrons. The molecular weight excluding hydrogens is 182 g/mol. The molecule has 0 saturated carbocycles. The Morgan fingerprint density at radius 1 is 1.71 bits per heavy atom. The summed E-state index contributed by atoms with van der Waals surface area (Å²) in [5, 5.41) is 11.3. The van der Waals surface area contributed by atoms with Crippen LogP contribution in [0, 0.1) is 0 Å². The van der Waals surface area contributed by atoms with Gasteiger partial charge in [-0.15, -0.1) is 0 Å². The molecule has 0 aliphatic carbocycles. The van der Waals surface area contributed by atoms with Crippen LogP contribution in [-0.4, -0.2) is 48.3 Å². The van der Waals surface area contributed by atoms with Crippen LogP contribution in [0.15, 0.2) is 5.16 Å². The Labute approximate surface area is 84.5 Å². The van der Waals surface area contributed by atoms with Gasteiger partial charge in [-0.25, -0.2) is 0 Å². The molecule has 0 aromatic rings. The molecule has 1 unspecified atom stereocenters. The number of nitrogens with two attached hydrogens (primary N) is 1. The van der Waals surface area contributed by atoms with Gasteiger partial charge >= 0.3 is 0 Å². The topological polar surface area (TPSA) is 71.1 Å². The molecule has 1 saturated heterocycles. The Balaban J connectivity index is 2.28. The maximum atomic E-state index is 8.39. The predicted molar refractivity (Wildman–Crippen MR) is 54.5 cm³/mol. The molecule has 0 bridgehead atoms. The van der Waals surface area contributed by atoms with E-state index >= 15 is 0 Å². The van der Waals surface area contributed by atoms with Crippen LogP contribution in [0.2, 0.25) is 0 Å². The van der Waals surface area contributed by atoms with Gasteiger partial charge in [-0.05, 0) is 13.3 Å². The molecule has 82 valence electrons. The summed E-state index contributed by atoms with van der Waals surface area (Å²) in [6, 6.07) is 0. The molecule has 1 rings (SSSR count). The van der Waals surface area contributed by atoms with Crippen molar-refractivity contribution in [2.75, 3.05) is 26.2 Å². The van der Waals surface area contributed by atoms with E-state index in [2.05, 4.69) is 17.0 Å². The second-order valence-electron chi connectivity index (χ2n) is 3.68. The normalized spacial score (nSPS) is 26.1. The van der Waals surface area contributed by atoms with Crippen molar-refractivity contribution in [2.45, 2.75) is 25.9 Å². The van der Waals surface area contributed by atoms with Crippen molar-refractivity contribution in [2.24, 2.45) is 10.9 Å². The minimum atomic E-state index is 0.282. The maximum Gasteiger partial charge on any atom is 0.140 e. The van der Waals surface area contributed by atoms with Crippen molar-refractivity contribution in [3.8, 4) is 0 Å². The SMILES string of the molecule is CC1CN(CC/C(N)=N/O)CCCO1. The highest BCUT2D eigenvalue weighted by Gasteiger charge is 2.14. The van der Waals surface area contributed by atoms with Crippen molar-refractivity contribution in [3.63, 3.8) is 0 Å². The first-order valence-electron chi connectivity index (χ1n) is 5.02. The van der Waals surface area contributed by atoms with E-state index in [-0.39, 0.29) is 6.10 Å². The van der Waals surface area contributed by atoms with Crippen molar-refractivity contribution in [1.82, 2.24) is 4.90 Å². The lowest BCUT2D eigenvalue weighted by molar-refractivity contribution is 0.0681. The predicted octanol–water partition coefficient (Wildman–Crippen LogP) is 0.234. The summed E-state index contributed by atoms with van der Waals surface area (Å²) in [7, 11) is 0. The summed E-state index contributed by atoms with van der Waals surface area (Å²) >= 11 is 0. The highest BCUT2D eigenvalue weighted by atomic mass is 16.5. The van der Waals surface area contributed by atoms with E-state index in [1.54, 1.807) is 0 Å². The Kier molecular flexibility index (Phi) is 4.69. The average molecular weight is 201 g/mol. The second-order valence-corrected chi connectivity index (χ2v) is 3.68. The van der Waals surface area contributed by atoms with Gasteiger partial charge in [0.15, 0.2) is 0 Å². The highest BCUT2D eigenvalue weighted by molar-refractivity contribution is 5.79. The van der Waals surface area contributed by atoms with E-state index < -0.39 is 0 Å². The lowest BCUT2D eigenvalue weighted by Gasteiger charge is -2.21. The molecule has 0 aromatic heterocycles. The monoisotopic (exact) mass is 201 g/mol. The van der Waals surface area contributed by atoms with Gasteiger partial charge in [0.05, 0.1) is 6.10 Å². The number of hydrogen-bond donors (Lipinski definition) is 2. The lowest BCUT2D eigenvalue weighted by atomic mass is 10.3. The largest absolute Gasteiger partial charge is 0.409 e. The van der Waals surface area contributed by atoms with Crippen LogP contribution < -0.4 is 5.73 Å². The fourth-order valence-electron chi connectivity index (χ4n) is 1.61. The lowest BCUT2D eigenvalue weighted by Crippen LogP contribution is -2.33. The van der Waals surface area contributed by atoms with E-state index in [4.69, 9.17) is 15.7 Å². The molecule has 1 fully saturated rings. The number of rotatable bonds is 3. The van der Waals surface area contributed by atoms with Gasteiger partial charge in [0.1, 0.15) is 5.84 Å². The first-order chi connectivity index (χ1) is 6.72. The summed E-state index contributed by atoms with van der Waals surface area (Å²) in [5.74, 6) is 0.294. The fraction of sp³-hybridized carbons (Fsp3) is 0.889. The standard InChI is InChI=1S/C9H19N3O2/c1-8-7-12(4-2-6-14-8)5-3-9(10)11-13/h8,13H,2-7H2,1H3,(H2,10,11). The minimum absolute atomic E-state index is 0.282. The molecule has 5 nitrogen and oxygen atoms in total. The molecule has 14 heavy (non-hydrogen) atoms. The number of nitrogens with zero attached hydrogens (tertiary/aromatic N) is 2. The molecule has 0 amide bonds. The van der Waals surface area contributed by atoms with Crippen molar-refractivity contribution >= 4 is 5.84 Å². The van der Waals surface area contributed by atoms with Crippen molar-refractivity contribution in [3.05, 3.63) is 0 Å². The molecule has 5 heteroatoms. The van der Waals surface area contributed by atoms with Crippen molar-refractivity contribution < 1.29 is 9.94 Å². The Morgan fingerprint density at radius 3 is 3.21 bits per heavy atom. The molecule has 1 atom stereocenters. The zero-order chi connectivity index (χ0) is 10.4. The fourth-order valence-corrected chi connectivity index (χ4v) is 1.61. The van der Waals surface area contributed by atoms with Crippen LogP contribution >= 0.6 is 0 Å². The Morgan fingerprint density at radius 2 is 2.50 bits per heavy atom. The highest BCUT2D eigenvalue weighted by Crippen LogP contribution is 2.05. The van der Waals surface area contributed by atoms with Crippen LogP contribution in [0.5, 0.6) is 0 Å². The summed E-state index contributed by atoms with van der Waals surface area (Å²) in [6.07, 6.45) is 1.95. The number of ether oxygens (including phenoxy) is 1. The summed E-state index contributed by atoms with van der Waals surface area (Å²) in [4.78, 5) is 2.29. The third-order valence-electron chi connectivity index (χ3n) is 2.35. The van der Waals surface area contributed by atoms with Gasteiger partial charge in [-0.2, -0.15) is 0 Å². The quantitative estimate of drug-likeness (QED) is 0.297. The maximum absolute atomic E-state index is 8.39. The van der Waals surface area contributed by atoms with Crippen LogP contribution in [0.4, 0.5) is 0 Å². The Hall–Kier alpha value is -0.810. The molecule has 0 spiro atoms. The zero-order valence-electron chi connectivity index (χ0n) is 8.65. The molecule has 1 aliphatic heterocycles. The van der Waals surface area contributed by atoms with E-state index in [0.29, 0.717) is 12.3 Å². The third kappa shape index (κ3) is 3.93. The van der Waals surface area contributed by atoms with E-state index in [9.17, 15) is 0 Å². The average Bonchev–Trinajstić information content (AvgIpc) is 2.39. The number of oxime groups is 1. The third-order valence-corrected chi connectivity index (χ3v) is 2.35. The van der Waals surface area contributed by atoms with Crippen molar-refractivity contribution in [1.29, 1.82) is 0 Å². The number of amidine groups is 1.